The highest BCUT2D eigenvalue weighted by Gasteiger charge is 2.30. The molecule has 1 atom stereocenters. The number of methoxy groups -OCH3 is 1. The lowest BCUT2D eigenvalue weighted by Crippen LogP contribution is -2.44. The third-order valence-corrected chi connectivity index (χ3v) is 3.30. The summed E-state index contributed by atoms with van der Waals surface area (Å²) in [6.07, 6.45) is 1.66. The smallest absolute Gasteiger partial charge is 0.317 e. The van der Waals surface area contributed by atoms with Crippen molar-refractivity contribution in [2.45, 2.75) is 31.7 Å². The Labute approximate surface area is 123 Å². The van der Waals surface area contributed by atoms with Crippen LogP contribution in [0.5, 0.6) is 0 Å². The molecule has 0 spiro atoms. The maximum Gasteiger partial charge on any atom is 0.317 e. The molecule has 8 heteroatoms. The summed E-state index contributed by atoms with van der Waals surface area (Å²) in [5.41, 5.74) is 0. The number of ether oxygens (including phenoxy) is 1. The lowest BCUT2D eigenvalue weighted by Gasteiger charge is -2.23. The molecule has 0 aliphatic carbocycles. The fourth-order valence-corrected chi connectivity index (χ4v) is 2.28. The summed E-state index contributed by atoms with van der Waals surface area (Å²) in [6.45, 7) is 1.68. The Morgan fingerprint density at radius 2 is 2.05 bits per heavy atom. The van der Waals surface area contributed by atoms with Gasteiger partial charge in [-0.15, -0.1) is 0 Å². The van der Waals surface area contributed by atoms with Gasteiger partial charge < -0.3 is 25.4 Å². The van der Waals surface area contributed by atoms with E-state index >= 15 is 0 Å². The Morgan fingerprint density at radius 1 is 1.29 bits per heavy atom. The first-order valence-corrected chi connectivity index (χ1v) is 7.06. The summed E-state index contributed by atoms with van der Waals surface area (Å²) >= 11 is 0. The predicted octanol–water partition coefficient (Wildman–Crippen LogP) is -0.212. The molecule has 1 aliphatic rings. The van der Waals surface area contributed by atoms with Crippen molar-refractivity contribution in [1.82, 2.24) is 15.5 Å². The lowest BCUT2D eigenvalue weighted by atomic mass is 10.1. The van der Waals surface area contributed by atoms with Crippen LogP contribution in [-0.4, -0.2) is 67.3 Å². The number of carbonyl (C=O) groups excluding carboxylic acids is 2. The zero-order chi connectivity index (χ0) is 15.7. The fraction of sp³-hybridized carbons (Fsp3) is 0.769. The third-order valence-electron chi connectivity index (χ3n) is 3.30. The Balaban J connectivity index is 2.23. The predicted molar refractivity (Wildman–Crippen MR) is 74.9 cm³/mol. The standard InChI is InChI=1S/C13H23N3O5/c1-21-8-6-14-11(17)4-5-15-13(20)16-7-2-3-10(16)9-12(18)19/h10H,2-9H2,1H3,(H,14,17)(H,15,20)(H,18,19). The van der Waals surface area contributed by atoms with Crippen LogP contribution in [0.15, 0.2) is 0 Å². The summed E-state index contributed by atoms with van der Waals surface area (Å²) in [5, 5.41) is 14.1. The van der Waals surface area contributed by atoms with Crippen molar-refractivity contribution in [2.75, 3.05) is 33.4 Å². The molecule has 1 fully saturated rings. The molecular weight excluding hydrogens is 278 g/mol. The Morgan fingerprint density at radius 3 is 2.71 bits per heavy atom. The molecule has 120 valence electrons. The van der Waals surface area contributed by atoms with Gasteiger partial charge in [-0.2, -0.15) is 0 Å². The molecule has 21 heavy (non-hydrogen) atoms. The maximum atomic E-state index is 11.9. The van der Waals surface area contributed by atoms with Gasteiger partial charge in [-0.25, -0.2) is 4.79 Å². The van der Waals surface area contributed by atoms with Crippen molar-refractivity contribution >= 4 is 17.9 Å². The summed E-state index contributed by atoms with van der Waals surface area (Å²) in [6, 6.07) is -0.554. The second kappa shape index (κ2) is 9.17. The maximum absolute atomic E-state index is 11.9. The number of nitrogens with one attached hydrogen (secondary N) is 2. The van der Waals surface area contributed by atoms with Gasteiger partial charge in [0.15, 0.2) is 0 Å². The summed E-state index contributed by atoms with van der Waals surface area (Å²) < 4.78 is 4.81. The zero-order valence-corrected chi connectivity index (χ0v) is 12.3. The van der Waals surface area contributed by atoms with Gasteiger partial charge in [0.2, 0.25) is 5.91 Å². The van der Waals surface area contributed by atoms with Crippen LogP contribution in [0.4, 0.5) is 4.79 Å². The number of likely N-dealkylation sites (tertiary alicyclic amines) is 1. The van der Waals surface area contributed by atoms with Crippen LogP contribution >= 0.6 is 0 Å². The summed E-state index contributed by atoms with van der Waals surface area (Å²) in [5.74, 6) is -1.06. The monoisotopic (exact) mass is 301 g/mol. The van der Waals surface area contributed by atoms with Gasteiger partial charge in [-0.1, -0.05) is 0 Å². The number of carbonyl (C=O) groups is 3. The van der Waals surface area contributed by atoms with Crippen LogP contribution in [0, 0.1) is 0 Å². The van der Waals surface area contributed by atoms with E-state index in [1.807, 2.05) is 0 Å². The van der Waals surface area contributed by atoms with Gasteiger partial charge in [0.25, 0.3) is 0 Å². The quantitative estimate of drug-likeness (QED) is 0.538. The highest BCUT2D eigenvalue weighted by molar-refractivity contribution is 5.79. The van der Waals surface area contributed by atoms with E-state index in [0.717, 1.165) is 6.42 Å². The molecule has 0 aromatic rings. The number of amides is 3. The molecular formula is C13H23N3O5. The highest BCUT2D eigenvalue weighted by atomic mass is 16.5. The highest BCUT2D eigenvalue weighted by Crippen LogP contribution is 2.19. The van der Waals surface area contributed by atoms with E-state index in [2.05, 4.69) is 10.6 Å². The third kappa shape index (κ3) is 6.44. The molecule has 1 saturated heterocycles. The van der Waals surface area contributed by atoms with Gasteiger partial charge >= 0.3 is 12.0 Å². The van der Waals surface area contributed by atoms with E-state index in [1.54, 1.807) is 7.11 Å². The first-order chi connectivity index (χ1) is 10.0. The van der Waals surface area contributed by atoms with E-state index in [4.69, 9.17) is 9.84 Å². The lowest BCUT2D eigenvalue weighted by molar-refractivity contribution is -0.138. The van der Waals surface area contributed by atoms with Crippen LogP contribution in [0.2, 0.25) is 0 Å². The molecule has 8 nitrogen and oxygen atoms in total. The molecule has 0 bridgehead atoms. The molecule has 0 saturated carbocycles. The van der Waals surface area contributed by atoms with E-state index in [-0.39, 0.29) is 37.4 Å². The van der Waals surface area contributed by atoms with E-state index in [9.17, 15) is 14.4 Å². The molecule has 3 amide bonds. The number of urea groups is 1. The summed E-state index contributed by atoms with van der Waals surface area (Å²) in [4.78, 5) is 35.6. The zero-order valence-electron chi connectivity index (χ0n) is 12.3. The van der Waals surface area contributed by atoms with Gasteiger partial charge in [0.1, 0.15) is 0 Å². The minimum atomic E-state index is -0.905. The molecule has 3 N–H and O–H groups in total. The Bertz CT molecular complexity index is 375. The number of carboxylic acid groups (broad SMARTS) is 1. The normalized spacial score (nSPS) is 17.6. The topological polar surface area (TPSA) is 108 Å². The molecule has 1 rings (SSSR count). The van der Waals surface area contributed by atoms with Gasteiger partial charge in [-0.05, 0) is 12.8 Å². The first kappa shape index (κ1) is 17.2. The van der Waals surface area contributed by atoms with Crippen LogP contribution in [0.1, 0.15) is 25.7 Å². The van der Waals surface area contributed by atoms with Crippen molar-refractivity contribution in [3.8, 4) is 0 Å². The van der Waals surface area contributed by atoms with Crippen LogP contribution in [0.3, 0.4) is 0 Å². The van der Waals surface area contributed by atoms with Gasteiger partial charge in [0.05, 0.1) is 13.0 Å². The molecule has 0 aromatic carbocycles. The van der Waals surface area contributed by atoms with Crippen LogP contribution < -0.4 is 10.6 Å². The number of rotatable bonds is 8. The van der Waals surface area contributed by atoms with Gasteiger partial charge in [-0.3, -0.25) is 9.59 Å². The van der Waals surface area contributed by atoms with Crippen molar-refractivity contribution in [1.29, 1.82) is 0 Å². The second-order valence-corrected chi connectivity index (χ2v) is 4.91. The van der Waals surface area contributed by atoms with Crippen LogP contribution in [0.25, 0.3) is 0 Å². The largest absolute Gasteiger partial charge is 0.481 e. The van der Waals surface area contributed by atoms with Gasteiger partial charge in [0, 0.05) is 39.2 Å². The number of hydrogen-bond donors (Lipinski definition) is 3. The average Bonchev–Trinajstić information content (AvgIpc) is 2.86. The Hall–Kier alpha value is -1.83. The van der Waals surface area contributed by atoms with Crippen molar-refractivity contribution < 1.29 is 24.2 Å². The Kier molecular flexibility index (Phi) is 7.52. The first-order valence-electron chi connectivity index (χ1n) is 7.06. The molecule has 0 aromatic heterocycles. The molecule has 0 radical (unpaired) electrons. The molecule has 1 heterocycles. The number of nitrogens with zero attached hydrogens (tertiary/aromatic N) is 1. The SMILES string of the molecule is COCCNC(=O)CCNC(=O)N1CCCC1CC(=O)O. The average molecular weight is 301 g/mol. The second-order valence-electron chi connectivity index (χ2n) is 4.91. The number of hydrogen-bond acceptors (Lipinski definition) is 4. The van der Waals surface area contributed by atoms with Crippen LogP contribution in [-0.2, 0) is 14.3 Å². The molecule has 1 aliphatic heterocycles. The molecule has 1 unspecified atom stereocenters. The van der Waals surface area contributed by atoms with Crippen molar-refractivity contribution in [2.24, 2.45) is 0 Å². The van der Waals surface area contributed by atoms with Crippen molar-refractivity contribution in [3.05, 3.63) is 0 Å². The summed E-state index contributed by atoms with van der Waals surface area (Å²) in [7, 11) is 1.55. The number of carboxylic acids is 1. The van der Waals surface area contributed by atoms with E-state index in [1.165, 1.54) is 4.90 Å². The fourth-order valence-electron chi connectivity index (χ4n) is 2.28. The number of aliphatic carboxylic acids is 1. The minimum absolute atomic E-state index is 0.0368. The van der Waals surface area contributed by atoms with Crippen molar-refractivity contribution in [3.63, 3.8) is 0 Å². The van der Waals surface area contributed by atoms with E-state index in [0.29, 0.717) is 26.1 Å². The van der Waals surface area contributed by atoms with E-state index < -0.39 is 5.97 Å². The minimum Gasteiger partial charge on any atom is -0.481 e.